The fourth-order valence-corrected chi connectivity index (χ4v) is 1.82. The lowest BCUT2D eigenvalue weighted by Gasteiger charge is -2.22. The maximum atomic E-state index is 9.96. The van der Waals surface area contributed by atoms with Crippen molar-refractivity contribution in [3.63, 3.8) is 0 Å². The Morgan fingerprint density at radius 1 is 1.13 bits per heavy atom. The molecule has 4 heteroatoms. The number of ether oxygens (including phenoxy) is 2. The van der Waals surface area contributed by atoms with Crippen LogP contribution in [-0.4, -0.2) is 19.3 Å². The van der Waals surface area contributed by atoms with Gasteiger partial charge in [-0.15, -0.1) is 0 Å². The number of aliphatic hydroxyl groups is 1. The Kier molecular flexibility index (Phi) is 3.62. The van der Waals surface area contributed by atoms with Gasteiger partial charge in [-0.25, -0.2) is 0 Å². The highest BCUT2D eigenvalue weighted by Gasteiger charge is 2.22. The Balaban J connectivity index is 3.36. The monoisotopic (exact) mass is 274 g/mol. The van der Waals surface area contributed by atoms with Gasteiger partial charge in [-0.05, 0) is 41.9 Å². The van der Waals surface area contributed by atoms with E-state index >= 15 is 0 Å². The van der Waals surface area contributed by atoms with Crippen LogP contribution in [0.1, 0.15) is 19.4 Å². The molecule has 1 aromatic carbocycles. The maximum absolute atomic E-state index is 9.96. The van der Waals surface area contributed by atoms with Crippen molar-refractivity contribution in [3.05, 3.63) is 22.2 Å². The second kappa shape index (κ2) is 4.41. The highest BCUT2D eigenvalue weighted by Crippen LogP contribution is 2.37. The van der Waals surface area contributed by atoms with Gasteiger partial charge in [-0.1, -0.05) is 0 Å². The summed E-state index contributed by atoms with van der Waals surface area (Å²) in [5.41, 5.74) is -0.260. The molecule has 0 aliphatic heterocycles. The van der Waals surface area contributed by atoms with Gasteiger partial charge in [0.1, 0.15) is 11.5 Å². The molecule has 0 unspecified atom stereocenters. The number of hydrogen-bond acceptors (Lipinski definition) is 3. The van der Waals surface area contributed by atoms with Crippen LogP contribution in [0.15, 0.2) is 16.6 Å². The van der Waals surface area contributed by atoms with Crippen molar-refractivity contribution in [2.75, 3.05) is 14.2 Å². The summed E-state index contributed by atoms with van der Waals surface area (Å²) in [6, 6.07) is 3.55. The van der Waals surface area contributed by atoms with E-state index in [1.54, 1.807) is 40.2 Å². The first kappa shape index (κ1) is 12.3. The van der Waals surface area contributed by atoms with Crippen molar-refractivity contribution in [1.82, 2.24) is 0 Å². The lowest BCUT2D eigenvalue weighted by Crippen LogP contribution is -2.17. The largest absolute Gasteiger partial charge is 0.496 e. The molecule has 0 saturated carbocycles. The van der Waals surface area contributed by atoms with Crippen LogP contribution in [-0.2, 0) is 5.60 Å². The predicted octanol–water partition coefficient (Wildman–Crippen LogP) is 2.69. The molecule has 0 amide bonds. The summed E-state index contributed by atoms with van der Waals surface area (Å²) in [4.78, 5) is 0. The molecular formula is C11H15BrO3. The molecule has 3 nitrogen and oxygen atoms in total. The van der Waals surface area contributed by atoms with Gasteiger partial charge in [0.05, 0.1) is 24.3 Å². The average Bonchev–Trinajstić information content (AvgIpc) is 2.15. The minimum absolute atomic E-state index is 0.634. The molecule has 0 bridgehead atoms. The molecular weight excluding hydrogens is 260 g/mol. The van der Waals surface area contributed by atoms with Gasteiger partial charge >= 0.3 is 0 Å². The molecule has 0 radical (unpaired) electrons. The molecule has 0 atom stereocenters. The topological polar surface area (TPSA) is 38.7 Å². The average molecular weight is 275 g/mol. The molecule has 15 heavy (non-hydrogen) atoms. The standard InChI is InChI=1S/C11H15BrO3/c1-11(2,13)7-5-10(15-4)8(12)6-9(7)14-3/h5-6,13H,1-4H3. The summed E-state index contributed by atoms with van der Waals surface area (Å²) < 4.78 is 11.2. The van der Waals surface area contributed by atoms with Crippen molar-refractivity contribution in [3.8, 4) is 11.5 Å². The number of methoxy groups -OCH3 is 2. The van der Waals surface area contributed by atoms with Crippen molar-refractivity contribution >= 4 is 15.9 Å². The third-order valence-corrected chi connectivity index (χ3v) is 2.75. The fourth-order valence-electron chi connectivity index (χ4n) is 1.34. The van der Waals surface area contributed by atoms with Crippen molar-refractivity contribution in [1.29, 1.82) is 0 Å². The molecule has 0 saturated heterocycles. The third-order valence-electron chi connectivity index (χ3n) is 2.13. The highest BCUT2D eigenvalue weighted by atomic mass is 79.9. The molecule has 0 aromatic heterocycles. The molecule has 0 heterocycles. The van der Waals surface area contributed by atoms with Gasteiger partial charge in [0.25, 0.3) is 0 Å². The van der Waals surface area contributed by atoms with Gasteiger partial charge in [0.2, 0.25) is 0 Å². The number of hydrogen-bond donors (Lipinski definition) is 1. The summed E-state index contributed by atoms with van der Waals surface area (Å²) in [5.74, 6) is 1.31. The van der Waals surface area contributed by atoms with Crippen LogP contribution in [0.5, 0.6) is 11.5 Å². The van der Waals surface area contributed by atoms with E-state index in [1.807, 2.05) is 0 Å². The first-order chi connectivity index (χ1) is 6.90. The third kappa shape index (κ3) is 2.63. The molecule has 1 aromatic rings. The Hall–Kier alpha value is -0.740. The zero-order chi connectivity index (χ0) is 11.6. The molecule has 84 valence electrons. The van der Waals surface area contributed by atoms with Gasteiger partial charge < -0.3 is 14.6 Å². The summed E-state index contributed by atoms with van der Waals surface area (Å²) in [6.45, 7) is 3.41. The van der Waals surface area contributed by atoms with E-state index in [-0.39, 0.29) is 0 Å². The Bertz CT molecular complexity index is 356. The van der Waals surface area contributed by atoms with Crippen LogP contribution in [0.25, 0.3) is 0 Å². The van der Waals surface area contributed by atoms with E-state index in [0.717, 1.165) is 4.47 Å². The van der Waals surface area contributed by atoms with Crippen molar-refractivity contribution in [2.45, 2.75) is 19.4 Å². The number of rotatable bonds is 3. The number of halogens is 1. The molecule has 0 spiro atoms. The van der Waals surface area contributed by atoms with Crippen LogP contribution in [0.2, 0.25) is 0 Å². The van der Waals surface area contributed by atoms with Crippen molar-refractivity contribution < 1.29 is 14.6 Å². The second-order valence-corrected chi connectivity index (χ2v) is 4.60. The van der Waals surface area contributed by atoms with Gasteiger partial charge in [-0.2, -0.15) is 0 Å². The lowest BCUT2D eigenvalue weighted by molar-refractivity contribution is 0.0753. The molecule has 1 rings (SSSR count). The van der Waals surface area contributed by atoms with E-state index in [1.165, 1.54) is 0 Å². The SMILES string of the molecule is COc1cc(C(C)(C)O)c(OC)cc1Br. The summed E-state index contributed by atoms with van der Waals surface area (Å²) in [7, 11) is 3.16. The molecule has 0 aliphatic rings. The minimum atomic E-state index is -0.959. The van der Waals surface area contributed by atoms with Gasteiger partial charge in [-0.3, -0.25) is 0 Å². The zero-order valence-electron chi connectivity index (χ0n) is 9.30. The second-order valence-electron chi connectivity index (χ2n) is 3.75. The predicted molar refractivity (Wildman–Crippen MR) is 62.5 cm³/mol. The van der Waals surface area contributed by atoms with E-state index in [0.29, 0.717) is 17.1 Å². The molecule has 0 aliphatic carbocycles. The Morgan fingerprint density at radius 2 is 1.67 bits per heavy atom. The van der Waals surface area contributed by atoms with E-state index in [2.05, 4.69) is 15.9 Å². The van der Waals surface area contributed by atoms with E-state index in [4.69, 9.17) is 9.47 Å². The minimum Gasteiger partial charge on any atom is -0.496 e. The van der Waals surface area contributed by atoms with Crippen LogP contribution in [0.4, 0.5) is 0 Å². The first-order valence-electron chi connectivity index (χ1n) is 4.54. The summed E-state index contributed by atoms with van der Waals surface area (Å²) in [5, 5.41) is 9.96. The van der Waals surface area contributed by atoms with E-state index < -0.39 is 5.60 Å². The number of benzene rings is 1. The zero-order valence-corrected chi connectivity index (χ0v) is 10.9. The summed E-state index contributed by atoms with van der Waals surface area (Å²) in [6.07, 6.45) is 0. The molecule has 1 N–H and O–H groups in total. The maximum Gasteiger partial charge on any atom is 0.133 e. The fraction of sp³-hybridized carbons (Fsp3) is 0.455. The van der Waals surface area contributed by atoms with Crippen molar-refractivity contribution in [2.24, 2.45) is 0 Å². The first-order valence-corrected chi connectivity index (χ1v) is 5.34. The normalized spacial score (nSPS) is 11.3. The van der Waals surface area contributed by atoms with E-state index in [9.17, 15) is 5.11 Å². The van der Waals surface area contributed by atoms with Crippen LogP contribution in [0, 0.1) is 0 Å². The highest BCUT2D eigenvalue weighted by molar-refractivity contribution is 9.10. The smallest absolute Gasteiger partial charge is 0.133 e. The quantitative estimate of drug-likeness (QED) is 0.921. The Labute approximate surface area is 98.1 Å². The van der Waals surface area contributed by atoms with Gasteiger partial charge in [0.15, 0.2) is 0 Å². The summed E-state index contributed by atoms with van der Waals surface area (Å²) >= 11 is 3.36. The van der Waals surface area contributed by atoms with Crippen LogP contribution in [0.3, 0.4) is 0 Å². The van der Waals surface area contributed by atoms with Crippen LogP contribution >= 0.6 is 15.9 Å². The lowest BCUT2D eigenvalue weighted by atomic mass is 9.97. The van der Waals surface area contributed by atoms with Crippen LogP contribution < -0.4 is 9.47 Å². The molecule has 0 fully saturated rings. The van der Waals surface area contributed by atoms with Gasteiger partial charge in [0, 0.05) is 5.56 Å². The Morgan fingerprint density at radius 3 is 2.07 bits per heavy atom.